The van der Waals surface area contributed by atoms with Crippen molar-refractivity contribution in [2.75, 3.05) is 25.0 Å². The fourth-order valence-electron chi connectivity index (χ4n) is 2.53. The topological polar surface area (TPSA) is 79.6 Å². The number of morpholine rings is 1. The van der Waals surface area contributed by atoms with E-state index in [2.05, 4.69) is 41.5 Å². The van der Waals surface area contributed by atoms with Gasteiger partial charge in [0.1, 0.15) is 5.76 Å². The molecular weight excluding hydrogens is 272 g/mol. The third-order valence-corrected chi connectivity index (χ3v) is 3.50. The average Bonchev–Trinajstić information content (AvgIpc) is 2.80. The molecule has 1 aromatic rings. The van der Waals surface area contributed by atoms with E-state index in [-0.39, 0.29) is 24.3 Å². The molecule has 118 valence electrons. The lowest BCUT2D eigenvalue weighted by Crippen LogP contribution is -2.52. The van der Waals surface area contributed by atoms with Gasteiger partial charge in [0.2, 0.25) is 0 Å². The lowest BCUT2D eigenvalue weighted by atomic mass is 10.2. The molecule has 0 aromatic carbocycles. The third kappa shape index (κ3) is 4.71. The number of carbonyl (C=O) groups excluding carboxylic acids is 1. The zero-order valence-electron chi connectivity index (χ0n) is 13.0. The monoisotopic (exact) mass is 296 g/mol. The van der Waals surface area contributed by atoms with Gasteiger partial charge in [-0.05, 0) is 27.7 Å². The Labute approximate surface area is 125 Å². The van der Waals surface area contributed by atoms with Crippen LogP contribution in [0.4, 0.5) is 10.6 Å². The van der Waals surface area contributed by atoms with Crippen molar-refractivity contribution in [2.45, 2.75) is 45.9 Å². The summed E-state index contributed by atoms with van der Waals surface area (Å²) in [7, 11) is 0. The molecule has 7 nitrogen and oxygen atoms in total. The quantitative estimate of drug-likeness (QED) is 0.882. The predicted octanol–water partition coefficient (Wildman–Crippen LogP) is 1.60. The molecule has 0 unspecified atom stereocenters. The van der Waals surface area contributed by atoms with E-state index in [0.717, 1.165) is 13.1 Å². The number of carbonyl (C=O) groups is 1. The molecule has 0 bridgehead atoms. The number of amides is 2. The molecule has 1 aliphatic heterocycles. The van der Waals surface area contributed by atoms with E-state index < -0.39 is 0 Å². The maximum Gasteiger partial charge on any atom is 0.320 e. The maximum absolute atomic E-state index is 11.8. The Balaban J connectivity index is 1.75. The van der Waals surface area contributed by atoms with Crippen LogP contribution in [0.2, 0.25) is 0 Å². The highest BCUT2D eigenvalue weighted by atomic mass is 16.5. The summed E-state index contributed by atoms with van der Waals surface area (Å²) in [4.78, 5) is 14.1. The van der Waals surface area contributed by atoms with Crippen LogP contribution in [0.5, 0.6) is 0 Å². The zero-order valence-corrected chi connectivity index (χ0v) is 13.0. The number of urea groups is 1. The Kier molecular flexibility index (Phi) is 5.19. The Morgan fingerprint density at radius 3 is 2.71 bits per heavy atom. The van der Waals surface area contributed by atoms with Crippen molar-refractivity contribution < 1.29 is 14.1 Å². The molecule has 0 aliphatic carbocycles. The molecule has 1 fully saturated rings. The van der Waals surface area contributed by atoms with Gasteiger partial charge in [0.05, 0.1) is 12.2 Å². The summed E-state index contributed by atoms with van der Waals surface area (Å²) >= 11 is 0. The smallest absolute Gasteiger partial charge is 0.320 e. The zero-order chi connectivity index (χ0) is 15.4. The van der Waals surface area contributed by atoms with E-state index in [1.807, 2.05) is 0 Å². The van der Waals surface area contributed by atoms with Gasteiger partial charge in [-0.3, -0.25) is 10.2 Å². The lowest BCUT2D eigenvalue weighted by molar-refractivity contribution is -0.0777. The minimum Gasteiger partial charge on any atom is -0.373 e. The molecule has 3 atom stereocenters. The van der Waals surface area contributed by atoms with Crippen LogP contribution in [0.25, 0.3) is 0 Å². The van der Waals surface area contributed by atoms with Gasteiger partial charge in [0.25, 0.3) is 0 Å². The standard InChI is InChI=1S/C14H24N4O3/c1-9(18-7-11(3)20-12(4)8-18)6-15-14(19)16-13-5-10(2)21-17-13/h5,9,11-12H,6-8H2,1-4H3,(H2,15,16,17,19)/t9-,11-,12+/m1/s1. The van der Waals surface area contributed by atoms with Gasteiger partial charge in [-0.15, -0.1) is 0 Å². The van der Waals surface area contributed by atoms with Gasteiger partial charge in [-0.25, -0.2) is 4.79 Å². The average molecular weight is 296 g/mol. The summed E-state index contributed by atoms with van der Waals surface area (Å²) in [5, 5.41) is 9.21. The number of aryl methyl sites for hydroxylation is 1. The molecule has 2 N–H and O–H groups in total. The second-order valence-corrected chi connectivity index (χ2v) is 5.72. The van der Waals surface area contributed by atoms with Gasteiger partial charge in [-0.1, -0.05) is 5.16 Å². The molecule has 2 rings (SSSR count). The van der Waals surface area contributed by atoms with E-state index in [9.17, 15) is 4.79 Å². The van der Waals surface area contributed by atoms with Crippen LogP contribution < -0.4 is 10.6 Å². The minimum absolute atomic E-state index is 0.225. The van der Waals surface area contributed by atoms with E-state index in [1.54, 1.807) is 13.0 Å². The number of ether oxygens (including phenoxy) is 1. The highest BCUT2D eigenvalue weighted by Gasteiger charge is 2.25. The van der Waals surface area contributed by atoms with Crippen LogP contribution in [0.1, 0.15) is 26.5 Å². The summed E-state index contributed by atoms with van der Waals surface area (Å²) < 4.78 is 10.6. The summed E-state index contributed by atoms with van der Waals surface area (Å²) in [5.74, 6) is 1.08. The Hall–Kier alpha value is -1.60. The highest BCUT2D eigenvalue weighted by molar-refractivity contribution is 5.88. The van der Waals surface area contributed by atoms with E-state index >= 15 is 0 Å². The Morgan fingerprint density at radius 1 is 1.48 bits per heavy atom. The van der Waals surface area contributed by atoms with Crippen LogP contribution in [0.3, 0.4) is 0 Å². The molecule has 2 amide bonds. The van der Waals surface area contributed by atoms with E-state index in [4.69, 9.17) is 9.26 Å². The van der Waals surface area contributed by atoms with Crippen molar-refractivity contribution in [3.05, 3.63) is 11.8 Å². The predicted molar refractivity (Wildman–Crippen MR) is 79.3 cm³/mol. The van der Waals surface area contributed by atoms with E-state index in [1.165, 1.54) is 0 Å². The van der Waals surface area contributed by atoms with E-state index in [0.29, 0.717) is 18.1 Å². The summed E-state index contributed by atoms with van der Waals surface area (Å²) in [5.41, 5.74) is 0. The molecule has 1 aromatic heterocycles. The largest absolute Gasteiger partial charge is 0.373 e. The number of hydrogen-bond donors (Lipinski definition) is 2. The van der Waals surface area contributed by atoms with Crippen molar-refractivity contribution in [3.8, 4) is 0 Å². The van der Waals surface area contributed by atoms with Crippen molar-refractivity contribution in [2.24, 2.45) is 0 Å². The normalized spacial score (nSPS) is 24.6. The summed E-state index contributed by atoms with van der Waals surface area (Å²) in [6.45, 7) is 10.4. The van der Waals surface area contributed by atoms with Crippen molar-refractivity contribution in [1.29, 1.82) is 0 Å². The number of nitrogens with one attached hydrogen (secondary N) is 2. The number of nitrogens with zero attached hydrogens (tertiary/aromatic N) is 2. The van der Waals surface area contributed by atoms with Crippen LogP contribution in [-0.2, 0) is 4.74 Å². The fourth-order valence-corrected chi connectivity index (χ4v) is 2.53. The van der Waals surface area contributed by atoms with Crippen molar-refractivity contribution >= 4 is 11.8 Å². The molecule has 2 heterocycles. The molecule has 7 heteroatoms. The van der Waals surface area contributed by atoms with Gasteiger partial charge in [-0.2, -0.15) is 0 Å². The highest BCUT2D eigenvalue weighted by Crippen LogP contribution is 2.13. The molecule has 0 saturated carbocycles. The lowest BCUT2D eigenvalue weighted by Gasteiger charge is -2.38. The SMILES string of the molecule is Cc1cc(NC(=O)NC[C@@H](C)N2C[C@@H](C)O[C@@H](C)C2)no1. The first-order valence-corrected chi connectivity index (χ1v) is 7.31. The molecule has 1 aliphatic rings. The van der Waals surface area contributed by atoms with Crippen LogP contribution >= 0.6 is 0 Å². The van der Waals surface area contributed by atoms with Gasteiger partial charge in [0, 0.05) is 31.7 Å². The number of anilines is 1. The van der Waals surface area contributed by atoms with Gasteiger partial charge in [0.15, 0.2) is 5.82 Å². The van der Waals surface area contributed by atoms with Gasteiger partial charge < -0.3 is 14.6 Å². The first kappa shape index (κ1) is 15.8. The molecule has 0 radical (unpaired) electrons. The van der Waals surface area contributed by atoms with Crippen molar-refractivity contribution in [3.63, 3.8) is 0 Å². The Bertz CT molecular complexity index is 467. The Morgan fingerprint density at radius 2 is 2.14 bits per heavy atom. The minimum atomic E-state index is -0.274. The second-order valence-electron chi connectivity index (χ2n) is 5.72. The molecular formula is C14H24N4O3. The number of hydrogen-bond acceptors (Lipinski definition) is 5. The molecule has 21 heavy (non-hydrogen) atoms. The van der Waals surface area contributed by atoms with Crippen LogP contribution in [0.15, 0.2) is 10.6 Å². The maximum atomic E-state index is 11.8. The van der Waals surface area contributed by atoms with Crippen LogP contribution in [-0.4, -0.2) is 54.0 Å². The number of aromatic nitrogens is 1. The first-order valence-electron chi connectivity index (χ1n) is 7.31. The fraction of sp³-hybridized carbons (Fsp3) is 0.714. The summed E-state index contributed by atoms with van der Waals surface area (Å²) in [6, 6.07) is 1.65. The van der Waals surface area contributed by atoms with Crippen LogP contribution in [0, 0.1) is 6.92 Å². The second kappa shape index (κ2) is 6.91. The molecule has 0 spiro atoms. The molecule has 1 saturated heterocycles. The first-order chi connectivity index (χ1) is 9.94. The summed E-state index contributed by atoms with van der Waals surface area (Å²) in [6.07, 6.45) is 0.450. The third-order valence-electron chi connectivity index (χ3n) is 3.50. The van der Waals surface area contributed by atoms with Crippen molar-refractivity contribution in [1.82, 2.24) is 15.4 Å². The van der Waals surface area contributed by atoms with Gasteiger partial charge >= 0.3 is 6.03 Å². The number of rotatable bonds is 4.